The van der Waals surface area contributed by atoms with Crippen molar-refractivity contribution in [2.75, 3.05) is 5.73 Å². The van der Waals surface area contributed by atoms with E-state index >= 15 is 0 Å². The Morgan fingerprint density at radius 2 is 2.18 bits per heavy atom. The summed E-state index contributed by atoms with van der Waals surface area (Å²) in [5.41, 5.74) is 7.47. The number of aromatic nitrogens is 4. The maximum atomic E-state index is 8.25. The molecule has 0 amide bonds. The van der Waals surface area contributed by atoms with Crippen LogP contribution >= 0.6 is 0 Å². The molecule has 2 aromatic rings. The summed E-state index contributed by atoms with van der Waals surface area (Å²) in [5.74, 6) is 0.486. The number of nitrogens with two attached hydrogens (primary N) is 1. The molecule has 3 rings (SSSR count). The van der Waals surface area contributed by atoms with Crippen molar-refractivity contribution in [3.63, 3.8) is 0 Å². The Morgan fingerprint density at radius 3 is 2.88 bits per heavy atom. The van der Waals surface area contributed by atoms with Crippen LogP contribution in [0.1, 0.15) is 0 Å². The highest BCUT2D eigenvalue weighted by molar-refractivity contribution is 5.79. The molecule has 1 aliphatic heterocycles. The highest BCUT2D eigenvalue weighted by Gasteiger charge is 2.18. The van der Waals surface area contributed by atoms with Crippen molar-refractivity contribution in [2.24, 2.45) is 0 Å². The molecular formula is C8H8N6O3. The molecule has 0 atom stereocenters. The number of nitrogens with zero attached hydrogens (tertiary/aromatic N) is 5. The molecule has 17 heavy (non-hydrogen) atoms. The molecule has 0 spiro atoms. The van der Waals surface area contributed by atoms with Gasteiger partial charge in [0.25, 0.3) is 5.65 Å². The van der Waals surface area contributed by atoms with Crippen molar-refractivity contribution in [3.8, 4) is 0 Å². The number of allylic oxidation sites excluding steroid dienone is 1. The van der Waals surface area contributed by atoms with E-state index < -0.39 is 5.09 Å². The molecule has 0 aliphatic carbocycles. The van der Waals surface area contributed by atoms with Crippen LogP contribution < -0.4 is 10.3 Å². The second-order valence-corrected chi connectivity index (χ2v) is 3.21. The second-order valence-electron chi connectivity index (χ2n) is 3.21. The molecule has 0 saturated heterocycles. The molecule has 88 valence electrons. The van der Waals surface area contributed by atoms with E-state index in [1.165, 1.54) is 0 Å². The highest BCUT2D eigenvalue weighted by Crippen LogP contribution is 2.14. The fraction of sp³-hybridized carbons (Fsp3) is 0.125. The van der Waals surface area contributed by atoms with Gasteiger partial charge in [-0.2, -0.15) is 0 Å². The molecule has 0 bridgehead atoms. The van der Waals surface area contributed by atoms with Gasteiger partial charge in [0.1, 0.15) is 0 Å². The van der Waals surface area contributed by atoms with Gasteiger partial charge in [-0.1, -0.05) is 4.98 Å². The zero-order valence-corrected chi connectivity index (χ0v) is 8.55. The van der Waals surface area contributed by atoms with Crippen LogP contribution in [0.4, 0.5) is 5.82 Å². The lowest BCUT2D eigenvalue weighted by Crippen LogP contribution is -2.32. The largest absolute Gasteiger partial charge is 0.368 e. The molecule has 9 nitrogen and oxygen atoms in total. The second kappa shape index (κ2) is 4.04. The number of rotatable bonds is 0. The molecule has 0 unspecified atom stereocenters. The van der Waals surface area contributed by atoms with Crippen LogP contribution in [-0.2, 0) is 6.54 Å². The van der Waals surface area contributed by atoms with Crippen LogP contribution in [-0.4, -0.2) is 19.6 Å². The fourth-order valence-electron chi connectivity index (χ4n) is 1.58. The third kappa shape index (κ3) is 1.97. The maximum Gasteiger partial charge on any atom is 0.265 e. The molecule has 2 aromatic heterocycles. The summed E-state index contributed by atoms with van der Waals surface area (Å²) in [5, 5.41) is 14.8. The van der Waals surface area contributed by atoms with E-state index in [2.05, 4.69) is 9.97 Å². The SMILES string of the molecule is Nc1nc[n+]2c3c1ncn3CC=C2.O=[N+]([O-])[O-]. The quantitative estimate of drug-likeness (QED) is 0.374. The number of hydrogen-bond donors (Lipinski definition) is 1. The van der Waals surface area contributed by atoms with E-state index in [-0.39, 0.29) is 0 Å². The van der Waals surface area contributed by atoms with Crippen LogP contribution in [0, 0.1) is 15.3 Å². The molecular weight excluding hydrogens is 228 g/mol. The van der Waals surface area contributed by atoms with E-state index in [0.717, 1.165) is 17.7 Å². The minimum atomic E-state index is -1.75. The van der Waals surface area contributed by atoms with Gasteiger partial charge >= 0.3 is 0 Å². The predicted octanol–water partition coefficient (Wildman–Crippen LogP) is -0.454. The average Bonchev–Trinajstić information content (AvgIpc) is 2.69. The lowest BCUT2D eigenvalue weighted by molar-refractivity contribution is -0.547. The smallest absolute Gasteiger partial charge is 0.265 e. The Morgan fingerprint density at radius 1 is 1.47 bits per heavy atom. The summed E-state index contributed by atoms with van der Waals surface area (Å²) >= 11 is 0. The van der Waals surface area contributed by atoms with E-state index in [4.69, 9.17) is 21.1 Å². The molecule has 9 heteroatoms. The monoisotopic (exact) mass is 236 g/mol. The van der Waals surface area contributed by atoms with Crippen molar-refractivity contribution in [2.45, 2.75) is 6.54 Å². The first-order chi connectivity index (χ1) is 8.09. The van der Waals surface area contributed by atoms with Gasteiger partial charge in [0.15, 0.2) is 11.8 Å². The lowest BCUT2D eigenvalue weighted by atomic mass is 10.4. The Kier molecular flexibility index (Phi) is 2.57. The first kappa shape index (κ1) is 10.8. The molecule has 0 aromatic carbocycles. The van der Waals surface area contributed by atoms with Crippen LogP contribution in [0.15, 0.2) is 18.7 Å². The summed E-state index contributed by atoms with van der Waals surface area (Å²) in [6.07, 6.45) is 7.50. The predicted molar refractivity (Wildman–Crippen MR) is 57.8 cm³/mol. The summed E-state index contributed by atoms with van der Waals surface area (Å²) < 4.78 is 3.95. The van der Waals surface area contributed by atoms with Gasteiger partial charge in [0.2, 0.25) is 12.1 Å². The van der Waals surface area contributed by atoms with Crippen molar-refractivity contribution in [1.82, 2.24) is 14.5 Å². The van der Waals surface area contributed by atoms with Gasteiger partial charge < -0.3 is 21.1 Å². The van der Waals surface area contributed by atoms with E-state index in [1.807, 2.05) is 21.4 Å². The Hall–Kier alpha value is -2.71. The van der Waals surface area contributed by atoms with Gasteiger partial charge in [0.05, 0.1) is 17.8 Å². The Bertz CT molecular complexity index is 601. The van der Waals surface area contributed by atoms with Gasteiger partial charge in [0, 0.05) is 0 Å². The molecule has 1 aliphatic rings. The number of imidazole rings is 1. The van der Waals surface area contributed by atoms with Gasteiger partial charge in [-0.15, -0.1) is 0 Å². The van der Waals surface area contributed by atoms with Crippen molar-refractivity contribution < 1.29 is 9.65 Å². The van der Waals surface area contributed by atoms with Crippen LogP contribution in [0.3, 0.4) is 0 Å². The minimum absolute atomic E-state index is 0.486. The average molecular weight is 236 g/mol. The Balaban J connectivity index is 0.000000239. The number of hydrogen-bond acceptors (Lipinski definition) is 6. The number of nitrogen functional groups attached to an aromatic ring is 1. The van der Waals surface area contributed by atoms with Crippen LogP contribution in [0.25, 0.3) is 17.4 Å². The molecule has 0 fully saturated rings. The van der Waals surface area contributed by atoms with Crippen molar-refractivity contribution in [1.29, 1.82) is 0 Å². The van der Waals surface area contributed by atoms with E-state index in [9.17, 15) is 0 Å². The standard InChI is InChI=1S/C8H7N5.NO3/c9-7-6-8-12(4-10-6)2-1-3-13(8)5-11-7;2-1(3)4/h1,3-5,9H,2H2;/q;-1/p+1. The fourth-order valence-corrected chi connectivity index (χ4v) is 1.58. The van der Waals surface area contributed by atoms with E-state index in [1.54, 1.807) is 12.7 Å². The third-order valence-corrected chi connectivity index (χ3v) is 2.19. The zero-order valence-electron chi connectivity index (χ0n) is 8.55. The van der Waals surface area contributed by atoms with Gasteiger partial charge in [-0.05, 0) is 6.08 Å². The zero-order chi connectivity index (χ0) is 12.4. The van der Waals surface area contributed by atoms with Crippen molar-refractivity contribution >= 4 is 23.2 Å². The molecule has 3 heterocycles. The van der Waals surface area contributed by atoms with Gasteiger partial charge in [-0.25, -0.2) is 14.1 Å². The first-order valence-electron chi connectivity index (χ1n) is 4.58. The number of anilines is 1. The minimum Gasteiger partial charge on any atom is -0.368 e. The van der Waals surface area contributed by atoms with E-state index in [0.29, 0.717) is 5.82 Å². The first-order valence-corrected chi connectivity index (χ1v) is 4.58. The highest BCUT2D eigenvalue weighted by atomic mass is 16.9. The molecule has 0 radical (unpaired) electrons. The normalized spacial score (nSPS) is 12.0. The van der Waals surface area contributed by atoms with Crippen molar-refractivity contribution in [3.05, 3.63) is 34.1 Å². The molecule has 0 saturated carbocycles. The maximum absolute atomic E-state index is 8.25. The lowest BCUT2D eigenvalue weighted by Gasteiger charge is -2.03. The van der Waals surface area contributed by atoms with Crippen LogP contribution in [0.2, 0.25) is 0 Å². The third-order valence-electron chi connectivity index (χ3n) is 2.19. The van der Waals surface area contributed by atoms with Crippen LogP contribution in [0.5, 0.6) is 0 Å². The summed E-state index contributed by atoms with van der Waals surface area (Å²) in [4.78, 5) is 16.5. The summed E-state index contributed by atoms with van der Waals surface area (Å²) in [6.45, 7) is 0.847. The summed E-state index contributed by atoms with van der Waals surface area (Å²) in [6, 6.07) is 0. The topological polar surface area (TPSA) is 127 Å². The molecule has 2 N–H and O–H groups in total. The van der Waals surface area contributed by atoms with Gasteiger partial charge in [-0.3, -0.25) is 0 Å². The summed E-state index contributed by atoms with van der Waals surface area (Å²) in [7, 11) is 0. The Labute approximate surface area is 94.5 Å².